The first kappa shape index (κ1) is 23.3. The summed E-state index contributed by atoms with van der Waals surface area (Å²) in [5.74, 6) is 2.47. The van der Waals surface area contributed by atoms with Crippen LogP contribution in [0.1, 0.15) is 17.8 Å². The average Bonchev–Trinajstić information content (AvgIpc) is 3.31. The standard InChI is InChI=1S/C23H26N4O4S2/c1-16-7-9-18(10-8-16)31-20-6-4-3-5-19(20)24-22(28)14-32-23-26-25-21(27(23)2)13-17-11-12-33(29,30)15-17/h3-10,17H,11-15H2,1-2H3,(H,24,28). The smallest absolute Gasteiger partial charge is 0.234 e. The highest BCUT2D eigenvalue weighted by atomic mass is 32.2. The van der Waals surface area contributed by atoms with Crippen molar-refractivity contribution in [3.05, 3.63) is 59.9 Å². The monoisotopic (exact) mass is 486 g/mol. The number of nitrogens with one attached hydrogen (secondary N) is 1. The van der Waals surface area contributed by atoms with E-state index in [0.29, 0.717) is 35.2 Å². The van der Waals surface area contributed by atoms with Gasteiger partial charge < -0.3 is 14.6 Å². The predicted molar refractivity (Wildman–Crippen MR) is 129 cm³/mol. The fourth-order valence-electron chi connectivity index (χ4n) is 3.65. The fourth-order valence-corrected chi connectivity index (χ4v) is 6.24. The number of anilines is 1. The lowest BCUT2D eigenvalue weighted by Gasteiger charge is -2.12. The summed E-state index contributed by atoms with van der Waals surface area (Å²) in [6.07, 6.45) is 1.23. The Morgan fingerprint density at radius 1 is 1.18 bits per heavy atom. The summed E-state index contributed by atoms with van der Waals surface area (Å²) in [6, 6.07) is 15.0. The highest BCUT2D eigenvalue weighted by molar-refractivity contribution is 7.99. The van der Waals surface area contributed by atoms with Gasteiger partial charge in [0.15, 0.2) is 20.7 Å². The zero-order chi connectivity index (χ0) is 23.4. The van der Waals surface area contributed by atoms with E-state index in [2.05, 4.69) is 15.5 Å². The van der Waals surface area contributed by atoms with Crippen LogP contribution in [0.15, 0.2) is 53.7 Å². The molecule has 0 spiro atoms. The molecule has 1 amide bonds. The van der Waals surface area contributed by atoms with Gasteiger partial charge in [-0.2, -0.15) is 0 Å². The van der Waals surface area contributed by atoms with Crippen LogP contribution in [0.25, 0.3) is 0 Å². The van der Waals surface area contributed by atoms with Gasteiger partial charge in [0.1, 0.15) is 11.6 Å². The van der Waals surface area contributed by atoms with E-state index in [9.17, 15) is 13.2 Å². The van der Waals surface area contributed by atoms with Crippen LogP contribution in [-0.2, 0) is 28.1 Å². The molecule has 1 saturated heterocycles. The van der Waals surface area contributed by atoms with E-state index < -0.39 is 9.84 Å². The second-order valence-corrected chi connectivity index (χ2v) is 11.4. The Morgan fingerprint density at radius 3 is 2.67 bits per heavy atom. The first-order chi connectivity index (χ1) is 15.8. The van der Waals surface area contributed by atoms with E-state index in [1.807, 2.05) is 54.9 Å². The average molecular weight is 487 g/mol. The number of hydrogen-bond donors (Lipinski definition) is 1. The number of carbonyl (C=O) groups excluding carboxylic acids is 1. The molecule has 1 aliphatic heterocycles. The van der Waals surface area contributed by atoms with E-state index >= 15 is 0 Å². The maximum absolute atomic E-state index is 12.6. The van der Waals surface area contributed by atoms with Gasteiger partial charge in [0.2, 0.25) is 5.91 Å². The van der Waals surface area contributed by atoms with Crippen molar-refractivity contribution in [1.29, 1.82) is 0 Å². The summed E-state index contributed by atoms with van der Waals surface area (Å²) < 4.78 is 31.1. The molecule has 4 rings (SSSR count). The lowest BCUT2D eigenvalue weighted by atomic mass is 10.1. The first-order valence-electron chi connectivity index (χ1n) is 10.6. The van der Waals surface area contributed by atoms with Crippen LogP contribution in [0.3, 0.4) is 0 Å². The van der Waals surface area contributed by atoms with Gasteiger partial charge in [-0.05, 0) is 43.5 Å². The molecule has 33 heavy (non-hydrogen) atoms. The molecule has 1 N–H and O–H groups in total. The Labute approximate surface area is 197 Å². The molecule has 10 heteroatoms. The van der Waals surface area contributed by atoms with Crippen LogP contribution in [-0.4, -0.2) is 46.3 Å². The number of carbonyl (C=O) groups is 1. The van der Waals surface area contributed by atoms with Gasteiger partial charge in [0.05, 0.1) is 22.9 Å². The molecular weight excluding hydrogens is 460 g/mol. The molecule has 0 bridgehead atoms. The van der Waals surface area contributed by atoms with Gasteiger partial charge >= 0.3 is 0 Å². The number of hydrogen-bond acceptors (Lipinski definition) is 7. The molecule has 2 aromatic carbocycles. The van der Waals surface area contributed by atoms with E-state index in [4.69, 9.17) is 4.74 Å². The van der Waals surface area contributed by atoms with Crippen LogP contribution < -0.4 is 10.1 Å². The van der Waals surface area contributed by atoms with Crippen molar-refractivity contribution >= 4 is 33.2 Å². The molecule has 8 nitrogen and oxygen atoms in total. The Bertz CT molecular complexity index is 1240. The number of ether oxygens (including phenoxy) is 1. The lowest BCUT2D eigenvalue weighted by molar-refractivity contribution is -0.113. The second kappa shape index (κ2) is 9.96. The van der Waals surface area contributed by atoms with E-state index in [1.54, 1.807) is 12.1 Å². The van der Waals surface area contributed by atoms with Gasteiger partial charge in [-0.25, -0.2) is 8.42 Å². The Kier molecular flexibility index (Phi) is 7.04. The summed E-state index contributed by atoms with van der Waals surface area (Å²) in [6.45, 7) is 2.01. The van der Waals surface area contributed by atoms with E-state index in [-0.39, 0.29) is 29.1 Å². The summed E-state index contributed by atoms with van der Waals surface area (Å²) in [5, 5.41) is 11.9. The summed E-state index contributed by atoms with van der Waals surface area (Å²) in [5.41, 5.74) is 1.73. The molecule has 1 aromatic heterocycles. The third-order valence-electron chi connectivity index (χ3n) is 5.47. The van der Waals surface area contributed by atoms with Crippen molar-refractivity contribution < 1.29 is 17.9 Å². The van der Waals surface area contributed by atoms with E-state index in [0.717, 1.165) is 11.4 Å². The first-order valence-corrected chi connectivity index (χ1v) is 13.4. The topological polar surface area (TPSA) is 103 Å². The van der Waals surface area contributed by atoms with Crippen molar-refractivity contribution in [3.8, 4) is 11.5 Å². The van der Waals surface area contributed by atoms with Gasteiger partial charge in [-0.15, -0.1) is 10.2 Å². The lowest BCUT2D eigenvalue weighted by Crippen LogP contribution is -2.15. The summed E-state index contributed by atoms with van der Waals surface area (Å²) in [4.78, 5) is 12.6. The molecule has 0 aliphatic carbocycles. The molecular formula is C23H26N4O4S2. The number of thioether (sulfide) groups is 1. The molecule has 174 valence electrons. The largest absolute Gasteiger partial charge is 0.455 e. The van der Waals surface area contributed by atoms with Crippen LogP contribution >= 0.6 is 11.8 Å². The zero-order valence-corrected chi connectivity index (χ0v) is 20.2. The molecule has 1 aliphatic rings. The molecule has 1 fully saturated rings. The van der Waals surface area contributed by atoms with Crippen LogP contribution in [0.5, 0.6) is 11.5 Å². The Balaban J connectivity index is 1.34. The number of aromatic nitrogens is 3. The predicted octanol–water partition coefficient (Wildman–Crippen LogP) is 3.62. The number of benzene rings is 2. The highest BCUT2D eigenvalue weighted by Crippen LogP contribution is 2.30. The molecule has 0 radical (unpaired) electrons. The van der Waals surface area contributed by atoms with Crippen LogP contribution in [0.4, 0.5) is 5.69 Å². The van der Waals surface area contributed by atoms with Crippen molar-refractivity contribution in [2.24, 2.45) is 13.0 Å². The molecule has 1 atom stereocenters. The highest BCUT2D eigenvalue weighted by Gasteiger charge is 2.29. The summed E-state index contributed by atoms with van der Waals surface area (Å²) >= 11 is 1.28. The number of nitrogens with zero attached hydrogens (tertiary/aromatic N) is 3. The van der Waals surface area contributed by atoms with Gasteiger partial charge in [0.25, 0.3) is 0 Å². The molecule has 3 aromatic rings. The maximum Gasteiger partial charge on any atom is 0.234 e. The number of para-hydroxylation sites is 2. The van der Waals surface area contributed by atoms with Crippen molar-refractivity contribution in [3.63, 3.8) is 0 Å². The van der Waals surface area contributed by atoms with Crippen LogP contribution in [0, 0.1) is 12.8 Å². The molecule has 1 unspecified atom stereocenters. The molecule has 0 saturated carbocycles. The maximum atomic E-state index is 12.6. The number of sulfone groups is 1. The van der Waals surface area contributed by atoms with Gasteiger partial charge in [-0.1, -0.05) is 41.6 Å². The Morgan fingerprint density at radius 2 is 1.94 bits per heavy atom. The second-order valence-electron chi connectivity index (χ2n) is 8.18. The Hall–Kier alpha value is -2.85. The summed E-state index contributed by atoms with van der Waals surface area (Å²) in [7, 11) is -1.09. The van der Waals surface area contributed by atoms with Crippen molar-refractivity contribution in [2.45, 2.75) is 24.9 Å². The number of rotatable bonds is 8. The SMILES string of the molecule is Cc1ccc(Oc2ccccc2NC(=O)CSc2nnc(CC3CCS(=O)(=O)C3)n2C)cc1. The number of aryl methyl sites for hydroxylation is 1. The third kappa shape index (κ3) is 6.14. The third-order valence-corrected chi connectivity index (χ3v) is 8.32. The quantitative estimate of drug-likeness (QED) is 0.485. The van der Waals surface area contributed by atoms with Crippen molar-refractivity contribution in [2.75, 3.05) is 22.6 Å². The van der Waals surface area contributed by atoms with Crippen LogP contribution in [0.2, 0.25) is 0 Å². The number of amides is 1. The molecule has 2 heterocycles. The normalized spacial score (nSPS) is 17.1. The minimum atomic E-state index is -2.92. The fraction of sp³-hybridized carbons (Fsp3) is 0.348. The van der Waals surface area contributed by atoms with Crippen molar-refractivity contribution in [1.82, 2.24) is 14.8 Å². The minimum Gasteiger partial charge on any atom is -0.455 e. The van der Waals surface area contributed by atoms with Gasteiger partial charge in [-0.3, -0.25) is 4.79 Å². The van der Waals surface area contributed by atoms with Gasteiger partial charge in [0, 0.05) is 13.5 Å². The van der Waals surface area contributed by atoms with E-state index in [1.165, 1.54) is 11.8 Å². The minimum absolute atomic E-state index is 0.0732. The zero-order valence-electron chi connectivity index (χ0n) is 18.5.